The zero-order valence-electron chi connectivity index (χ0n) is 12.3. The van der Waals surface area contributed by atoms with Crippen LogP contribution in [0.4, 0.5) is 0 Å². The van der Waals surface area contributed by atoms with Crippen molar-refractivity contribution in [2.45, 2.75) is 44.9 Å². The van der Waals surface area contributed by atoms with Gasteiger partial charge in [-0.1, -0.05) is 67.4 Å². The molecular formula is C16H18Cl3NO2. The largest absolute Gasteiger partial charge is 0.481 e. The number of rotatable bonds is 7. The fourth-order valence-corrected chi connectivity index (χ4v) is 3.30. The SMILES string of the molecule is CCCCCCC(C(=O)O)c1cc2c(Cl)cc(Cl)c(Cl)c2[nH]1. The van der Waals surface area contributed by atoms with Gasteiger partial charge < -0.3 is 10.1 Å². The van der Waals surface area contributed by atoms with E-state index >= 15 is 0 Å². The summed E-state index contributed by atoms with van der Waals surface area (Å²) in [6, 6.07) is 3.33. The van der Waals surface area contributed by atoms with Crippen LogP contribution in [0, 0.1) is 0 Å². The van der Waals surface area contributed by atoms with Crippen LogP contribution < -0.4 is 0 Å². The van der Waals surface area contributed by atoms with Gasteiger partial charge in [0.15, 0.2) is 0 Å². The van der Waals surface area contributed by atoms with Crippen LogP contribution in [-0.4, -0.2) is 16.1 Å². The van der Waals surface area contributed by atoms with Gasteiger partial charge in [-0.2, -0.15) is 0 Å². The number of nitrogens with one attached hydrogen (secondary N) is 1. The van der Waals surface area contributed by atoms with Crippen molar-refractivity contribution in [3.8, 4) is 0 Å². The molecule has 1 aromatic heterocycles. The van der Waals surface area contributed by atoms with Gasteiger partial charge in [0, 0.05) is 11.1 Å². The van der Waals surface area contributed by atoms with Crippen LogP contribution >= 0.6 is 34.8 Å². The molecule has 0 amide bonds. The quantitative estimate of drug-likeness (QED) is 0.450. The van der Waals surface area contributed by atoms with E-state index < -0.39 is 11.9 Å². The van der Waals surface area contributed by atoms with E-state index in [2.05, 4.69) is 11.9 Å². The Balaban J connectivity index is 2.32. The lowest BCUT2D eigenvalue weighted by Crippen LogP contribution is -2.12. The molecule has 6 heteroatoms. The second-order valence-corrected chi connectivity index (χ2v) is 6.60. The monoisotopic (exact) mass is 361 g/mol. The number of aromatic nitrogens is 1. The predicted octanol–water partition coefficient (Wildman–Crippen LogP) is 6.27. The molecule has 0 aliphatic rings. The zero-order valence-corrected chi connectivity index (χ0v) is 14.5. The second-order valence-electron chi connectivity index (χ2n) is 5.41. The van der Waals surface area contributed by atoms with Crippen molar-refractivity contribution in [3.05, 3.63) is 32.9 Å². The standard InChI is InChI=1S/C16H18Cl3NO2/c1-2-3-4-5-6-9(16(21)22)13-7-10-11(17)8-12(18)14(19)15(10)20-13/h7-9,20H,2-6H2,1H3,(H,21,22). The molecule has 2 rings (SSSR count). The maximum atomic E-state index is 11.6. The fourth-order valence-electron chi connectivity index (χ4n) is 2.58. The first kappa shape index (κ1) is 17.5. The number of carboxylic acids is 1. The van der Waals surface area contributed by atoms with Crippen molar-refractivity contribution in [1.29, 1.82) is 0 Å². The van der Waals surface area contributed by atoms with Gasteiger partial charge in [-0.25, -0.2) is 0 Å². The summed E-state index contributed by atoms with van der Waals surface area (Å²) in [5, 5.41) is 11.4. The highest BCUT2D eigenvalue weighted by molar-refractivity contribution is 6.47. The van der Waals surface area contributed by atoms with E-state index in [4.69, 9.17) is 34.8 Å². The summed E-state index contributed by atoms with van der Waals surface area (Å²) in [5.41, 5.74) is 1.21. The lowest BCUT2D eigenvalue weighted by atomic mass is 9.97. The Kier molecular flexibility index (Phi) is 6.01. The van der Waals surface area contributed by atoms with E-state index in [1.54, 1.807) is 12.1 Å². The average Bonchev–Trinajstić information content (AvgIpc) is 2.90. The van der Waals surface area contributed by atoms with Crippen molar-refractivity contribution >= 4 is 51.7 Å². The summed E-state index contributed by atoms with van der Waals surface area (Å²) in [7, 11) is 0. The summed E-state index contributed by atoms with van der Waals surface area (Å²) in [5.74, 6) is -1.43. The molecule has 120 valence electrons. The molecule has 2 aromatic rings. The van der Waals surface area contributed by atoms with E-state index in [1.807, 2.05) is 0 Å². The van der Waals surface area contributed by atoms with Crippen molar-refractivity contribution in [2.24, 2.45) is 0 Å². The number of H-pyrrole nitrogens is 1. The Labute approximate surface area is 144 Å². The summed E-state index contributed by atoms with van der Waals surface area (Å²) in [4.78, 5) is 14.7. The lowest BCUT2D eigenvalue weighted by Gasteiger charge is -2.10. The number of aliphatic carboxylic acids is 1. The molecule has 22 heavy (non-hydrogen) atoms. The van der Waals surface area contributed by atoms with Gasteiger partial charge in [-0.15, -0.1) is 0 Å². The van der Waals surface area contributed by atoms with Crippen molar-refractivity contribution < 1.29 is 9.90 Å². The molecule has 1 unspecified atom stereocenters. The fraction of sp³-hybridized carbons (Fsp3) is 0.438. The van der Waals surface area contributed by atoms with Gasteiger partial charge in [0.25, 0.3) is 0 Å². The van der Waals surface area contributed by atoms with Crippen molar-refractivity contribution in [1.82, 2.24) is 4.98 Å². The number of unbranched alkanes of at least 4 members (excludes halogenated alkanes) is 3. The van der Waals surface area contributed by atoms with Crippen LogP contribution in [0.25, 0.3) is 10.9 Å². The molecule has 0 aliphatic heterocycles. The van der Waals surface area contributed by atoms with Crippen LogP contribution in [0.5, 0.6) is 0 Å². The normalized spacial score (nSPS) is 12.7. The molecule has 0 fully saturated rings. The Morgan fingerprint density at radius 3 is 2.55 bits per heavy atom. The Morgan fingerprint density at radius 1 is 1.18 bits per heavy atom. The summed E-state index contributed by atoms with van der Waals surface area (Å²) < 4.78 is 0. The molecule has 0 saturated carbocycles. The zero-order chi connectivity index (χ0) is 16.3. The van der Waals surface area contributed by atoms with Crippen LogP contribution in [0.15, 0.2) is 12.1 Å². The molecule has 0 saturated heterocycles. The highest BCUT2D eigenvalue weighted by Gasteiger charge is 2.23. The van der Waals surface area contributed by atoms with Crippen LogP contribution in [0.1, 0.15) is 50.6 Å². The molecular weight excluding hydrogens is 345 g/mol. The molecule has 1 aromatic carbocycles. The third kappa shape index (κ3) is 3.70. The number of benzene rings is 1. The molecule has 1 atom stereocenters. The highest BCUT2D eigenvalue weighted by Crippen LogP contribution is 2.38. The predicted molar refractivity (Wildman–Crippen MR) is 92.5 cm³/mol. The van der Waals surface area contributed by atoms with E-state index in [-0.39, 0.29) is 0 Å². The third-order valence-electron chi connectivity index (χ3n) is 3.80. The minimum absolute atomic E-state index is 0.349. The van der Waals surface area contributed by atoms with Crippen LogP contribution in [0.3, 0.4) is 0 Å². The average molecular weight is 363 g/mol. The van der Waals surface area contributed by atoms with Gasteiger partial charge in [0.2, 0.25) is 0 Å². The van der Waals surface area contributed by atoms with Gasteiger partial charge in [-0.3, -0.25) is 4.79 Å². The summed E-state index contributed by atoms with van der Waals surface area (Å²) in [6.07, 6.45) is 4.74. The first-order valence-corrected chi connectivity index (χ1v) is 8.48. The molecule has 2 N–H and O–H groups in total. The lowest BCUT2D eigenvalue weighted by molar-refractivity contribution is -0.139. The second kappa shape index (κ2) is 7.58. The number of hydrogen-bond acceptors (Lipinski definition) is 1. The topological polar surface area (TPSA) is 53.1 Å². The van der Waals surface area contributed by atoms with Gasteiger partial charge in [0.05, 0.1) is 26.5 Å². The minimum Gasteiger partial charge on any atom is -0.481 e. The van der Waals surface area contributed by atoms with Crippen molar-refractivity contribution in [2.75, 3.05) is 0 Å². The van der Waals surface area contributed by atoms with Crippen molar-refractivity contribution in [3.63, 3.8) is 0 Å². The Morgan fingerprint density at radius 2 is 1.91 bits per heavy atom. The van der Waals surface area contributed by atoms with E-state index in [0.717, 1.165) is 25.7 Å². The maximum absolute atomic E-state index is 11.6. The number of carbonyl (C=O) groups is 1. The molecule has 0 radical (unpaired) electrons. The number of carboxylic acid groups (broad SMARTS) is 1. The molecule has 0 bridgehead atoms. The first-order chi connectivity index (χ1) is 10.5. The van der Waals surface area contributed by atoms with Crippen LogP contribution in [0.2, 0.25) is 15.1 Å². The molecule has 0 aliphatic carbocycles. The maximum Gasteiger partial charge on any atom is 0.312 e. The van der Waals surface area contributed by atoms with Gasteiger partial charge in [-0.05, 0) is 18.6 Å². The number of aromatic amines is 1. The summed E-state index contributed by atoms with van der Waals surface area (Å²) >= 11 is 18.3. The molecule has 0 spiro atoms. The van der Waals surface area contributed by atoms with E-state index in [9.17, 15) is 9.90 Å². The Hall–Kier alpha value is -0.900. The summed E-state index contributed by atoms with van der Waals surface area (Å²) in [6.45, 7) is 2.13. The van der Waals surface area contributed by atoms with Gasteiger partial charge in [0.1, 0.15) is 0 Å². The van der Waals surface area contributed by atoms with Crippen LogP contribution in [-0.2, 0) is 4.79 Å². The van der Waals surface area contributed by atoms with E-state index in [1.165, 1.54) is 0 Å². The molecule has 3 nitrogen and oxygen atoms in total. The third-order valence-corrected chi connectivity index (χ3v) is 4.90. The smallest absolute Gasteiger partial charge is 0.312 e. The minimum atomic E-state index is -0.846. The van der Waals surface area contributed by atoms with Gasteiger partial charge >= 0.3 is 5.97 Å². The highest BCUT2D eigenvalue weighted by atomic mass is 35.5. The number of hydrogen-bond donors (Lipinski definition) is 2. The number of halogens is 3. The first-order valence-electron chi connectivity index (χ1n) is 7.34. The Bertz CT molecular complexity index is 682. The van der Waals surface area contributed by atoms with E-state index in [0.29, 0.717) is 38.1 Å². The number of fused-ring (bicyclic) bond motifs is 1. The molecule has 1 heterocycles.